The fourth-order valence-corrected chi connectivity index (χ4v) is 2.50. The van der Waals surface area contributed by atoms with E-state index in [1.165, 1.54) is 31.3 Å². The molecule has 0 aliphatic heterocycles. The molecule has 1 heterocycles. The Balaban J connectivity index is 1.69. The fraction of sp³-hybridized carbons (Fsp3) is 0.600. The van der Waals surface area contributed by atoms with Crippen LogP contribution in [0.4, 0.5) is 4.79 Å². The van der Waals surface area contributed by atoms with Crippen LogP contribution in [0.2, 0.25) is 0 Å². The van der Waals surface area contributed by atoms with Gasteiger partial charge in [-0.25, -0.2) is 4.79 Å². The number of carbonyl (C=O) groups excluding carboxylic acids is 1. The van der Waals surface area contributed by atoms with Crippen LogP contribution < -0.4 is 5.32 Å². The van der Waals surface area contributed by atoms with E-state index in [0.717, 1.165) is 18.5 Å². The number of nitrogens with one attached hydrogen (secondary N) is 1. The van der Waals surface area contributed by atoms with Crippen LogP contribution in [0.15, 0.2) is 24.0 Å². The van der Waals surface area contributed by atoms with Gasteiger partial charge in [0.05, 0.1) is 12.7 Å². The maximum Gasteiger partial charge on any atom is 0.317 e. The molecule has 0 spiro atoms. The molecule has 2 rings (SSSR count). The molecule has 0 bridgehead atoms. The second-order valence-electron chi connectivity index (χ2n) is 5.47. The highest BCUT2D eigenvalue weighted by atomic mass is 16.2. The molecule has 1 aromatic heterocycles. The van der Waals surface area contributed by atoms with Crippen LogP contribution >= 0.6 is 0 Å². The van der Waals surface area contributed by atoms with Crippen LogP contribution in [0, 0.1) is 0 Å². The van der Waals surface area contributed by atoms with Crippen LogP contribution in [0.3, 0.4) is 0 Å². The van der Waals surface area contributed by atoms with Gasteiger partial charge >= 0.3 is 6.03 Å². The Morgan fingerprint density at radius 3 is 3.00 bits per heavy atom. The minimum Gasteiger partial charge on any atom is -0.338 e. The van der Waals surface area contributed by atoms with Crippen LogP contribution in [0.25, 0.3) is 0 Å². The number of amides is 2. The summed E-state index contributed by atoms with van der Waals surface area (Å²) in [5, 5.41) is 7.08. The molecule has 0 unspecified atom stereocenters. The average Bonchev–Trinajstić information content (AvgIpc) is 2.85. The Bertz CT molecular complexity index is 478. The molecule has 0 radical (unpaired) electrons. The van der Waals surface area contributed by atoms with Gasteiger partial charge in [-0.1, -0.05) is 11.6 Å². The van der Waals surface area contributed by atoms with Crippen LogP contribution in [0.5, 0.6) is 0 Å². The summed E-state index contributed by atoms with van der Waals surface area (Å²) in [5.74, 6) is 0. The van der Waals surface area contributed by atoms with Crippen molar-refractivity contribution >= 4 is 6.03 Å². The second-order valence-corrected chi connectivity index (χ2v) is 5.47. The molecule has 1 aromatic rings. The molecule has 0 aromatic carbocycles. The molecule has 5 heteroatoms. The van der Waals surface area contributed by atoms with Gasteiger partial charge in [0.15, 0.2) is 0 Å². The molecule has 5 nitrogen and oxygen atoms in total. The lowest BCUT2D eigenvalue weighted by molar-refractivity contribution is 0.207. The lowest BCUT2D eigenvalue weighted by Crippen LogP contribution is -2.37. The maximum atomic E-state index is 12.0. The third-order valence-corrected chi connectivity index (χ3v) is 3.63. The summed E-state index contributed by atoms with van der Waals surface area (Å²) in [6.45, 7) is 1.31. The van der Waals surface area contributed by atoms with Gasteiger partial charge in [0, 0.05) is 32.4 Å². The van der Waals surface area contributed by atoms with Crippen molar-refractivity contribution in [1.29, 1.82) is 0 Å². The molecule has 1 N–H and O–H groups in total. The number of urea groups is 1. The van der Waals surface area contributed by atoms with E-state index in [1.807, 2.05) is 20.3 Å². The monoisotopic (exact) mass is 276 g/mol. The van der Waals surface area contributed by atoms with Gasteiger partial charge in [-0.3, -0.25) is 4.68 Å². The second kappa shape index (κ2) is 7.12. The molecule has 0 fully saturated rings. The van der Waals surface area contributed by atoms with Crippen molar-refractivity contribution in [1.82, 2.24) is 20.0 Å². The van der Waals surface area contributed by atoms with Gasteiger partial charge in [-0.05, 0) is 32.1 Å². The van der Waals surface area contributed by atoms with Gasteiger partial charge in [-0.15, -0.1) is 0 Å². The minimum absolute atomic E-state index is 0.0229. The van der Waals surface area contributed by atoms with E-state index in [0.29, 0.717) is 6.54 Å². The first-order chi connectivity index (χ1) is 9.65. The van der Waals surface area contributed by atoms with Crippen molar-refractivity contribution in [2.24, 2.45) is 7.05 Å². The number of rotatable bonds is 5. The number of nitrogens with zero attached hydrogens (tertiary/aromatic N) is 3. The van der Waals surface area contributed by atoms with Crippen molar-refractivity contribution < 1.29 is 4.79 Å². The molecule has 20 heavy (non-hydrogen) atoms. The lowest BCUT2D eigenvalue weighted by atomic mass is 9.97. The fourth-order valence-electron chi connectivity index (χ4n) is 2.50. The van der Waals surface area contributed by atoms with Gasteiger partial charge < -0.3 is 10.2 Å². The van der Waals surface area contributed by atoms with Gasteiger partial charge in [0.1, 0.15) is 0 Å². The molecule has 110 valence electrons. The van der Waals surface area contributed by atoms with Crippen LogP contribution in [-0.4, -0.2) is 34.3 Å². The largest absolute Gasteiger partial charge is 0.338 e. The summed E-state index contributed by atoms with van der Waals surface area (Å²) in [5.41, 5.74) is 2.53. The number of allylic oxidation sites excluding steroid dienone is 1. The molecule has 1 aliphatic carbocycles. The summed E-state index contributed by atoms with van der Waals surface area (Å²) in [7, 11) is 3.68. The number of hydrogen-bond acceptors (Lipinski definition) is 2. The number of aryl methyl sites for hydroxylation is 1. The van der Waals surface area contributed by atoms with Gasteiger partial charge in [-0.2, -0.15) is 5.10 Å². The molecule has 0 atom stereocenters. The first-order valence-corrected chi connectivity index (χ1v) is 7.29. The summed E-state index contributed by atoms with van der Waals surface area (Å²) >= 11 is 0. The molecule has 2 amide bonds. The van der Waals surface area contributed by atoms with Crippen molar-refractivity contribution in [2.45, 2.75) is 38.6 Å². The normalized spacial score (nSPS) is 14.8. The SMILES string of the molecule is CN(Cc1cnn(C)c1)C(=O)NCCC1=CCCCC1. The number of hydrogen-bond donors (Lipinski definition) is 1. The Morgan fingerprint density at radius 1 is 1.50 bits per heavy atom. The highest BCUT2D eigenvalue weighted by Crippen LogP contribution is 2.19. The summed E-state index contributed by atoms with van der Waals surface area (Å²) < 4.78 is 1.75. The third kappa shape index (κ3) is 4.40. The molecule has 0 saturated heterocycles. The standard InChI is InChI=1S/C15H24N4O/c1-18(11-14-10-17-19(2)12-14)15(20)16-9-8-13-6-4-3-5-7-13/h6,10,12H,3-5,7-9,11H2,1-2H3,(H,16,20). The molecule has 1 aliphatic rings. The van der Waals surface area contributed by atoms with E-state index in [-0.39, 0.29) is 6.03 Å². The maximum absolute atomic E-state index is 12.0. The third-order valence-electron chi connectivity index (χ3n) is 3.63. The van der Waals surface area contributed by atoms with Crippen molar-refractivity contribution in [2.75, 3.05) is 13.6 Å². The molecular formula is C15H24N4O. The first kappa shape index (κ1) is 14.6. The minimum atomic E-state index is -0.0229. The predicted octanol–water partition coefficient (Wildman–Crippen LogP) is 2.45. The van der Waals surface area contributed by atoms with E-state index in [2.05, 4.69) is 16.5 Å². The summed E-state index contributed by atoms with van der Waals surface area (Å²) in [4.78, 5) is 13.7. The van der Waals surface area contributed by atoms with Crippen LogP contribution in [-0.2, 0) is 13.6 Å². The summed E-state index contributed by atoms with van der Waals surface area (Å²) in [6, 6.07) is -0.0229. The Kier molecular flexibility index (Phi) is 5.21. The zero-order chi connectivity index (χ0) is 14.4. The Morgan fingerprint density at radius 2 is 2.35 bits per heavy atom. The highest BCUT2D eigenvalue weighted by Gasteiger charge is 2.10. The quantitative estimate of drug-likeness (QED) is 0.840. The predicted molar refractivity (Wildman–Crippen MR) is 79.2 cm³/mol. The van der Waals surface area contributed by atoms with Crippen molar-refractivity contribution in [3.05, 3.63) is 29.6 Å². The highest BCUT2D eigenvalue weighted by molar-refractivity contribution is 5.73. The van der Waals surface area contributed by atoms with E-state index in [4.69, 9.17) is 0 Å². The number of carbonyl (C=O) groups is 1. The van der Waals surface area contributed by atoms with E-state index in [9.17, 15) is 4.79 Å². The van der Waals surface area contributed by atoms with E-state index >= 15 is 0 Å². The van der Waals surface area contributed by atoms with E-state index in [1.54, 1.807) is 15.8 Å². The van der Waals surface area contributed by atoms with Crippen molar-refractivity contribution in [3.63, 3.8) is 0 Å². The Hall–Kier alpha value is -1.78. The summed E-state index contributed by atoms with van der Waals surface area (Å²) in [6.07, 6.45) is 12.0. The van der Waals surface area contributed by atoms with Gasteiger partial charge in [0.25, 0.3) is 0 Å². The average molecular weight is 276 g/mol. The zero-order valence-corrected chi connectivity index (χ0v) is 12.4. The Labute approximate surface area is 120 Å². The topological polar surface area (TPSA) is 50.2 Å². The van der Waals surface area contributed by atoms with Crippen LogP contribution in [0.1, 0.15) is 37.7 Å². The van der Waals surface area contributed by atoms with E-state index < -0.39 is 0 Å². The molecule has 0 saturated carbocycles. The molecular weight excluding hydrogens is 252 g/mol. The first-order valence-electron chi connectivity index (χ1n) is 7.29. The smallest absolute Gasteiger partial charge is 0.317 e. The number of aromatic nitrogens is 2. The van der Waals surface area contributed by atoms with Crippen molar-refractivity contribution in [3.8, 4) is 0 Å². The zero-order valence-electron chi connectivity index (χ0n) is 12.4. The van der Waals surface area contributed by atoms with Gasteiger partial charge in [0.2, 0.25) is 0 Å². The lowest BCUT2D eigenvalue weighted by Gasteiger charge is -2.18.